The zero-order chi connectivity index (χ0) is 29.3. The molecule has 9 atom stereocenters. The highest BCUT2D eigenvalue weighted by atomic mass is 16.7. The molecule has 0 bridgehead atoms. The molecule has 0 aromatic heterocycles. The largest absolute Gasteiger partial charge is 0.460 e. The highest BCUT2D eigenvalue weighted by Crippen LogP contribution is 2.24. The zero-order valence-electron chi connectivity index (χ0n) is 23.1. The van der Waals surface area contributed by atoms with Gasteiger partial charge in [-0.15, -0.1) is 0 Å². The van der Waals surface area contributed by atoms with E-state index in [0.29, 0.717) is 12.8 Å². The number of hydrogen-bond acceptors (Lipinski definition) is 10. The summed E-state index contributed by atoms with van der Waals surface area (Å²) in [5.41, 5.74) is 0. The number of ether oxygens (including phenoxy) is 3. The van der Waals surface area contributed by atoms with Crippen molar-refractivity contribution >= 4 is 5.97 Å². The molecule has 1 fully saturated rings. The van der Waals surface area contributed by atoms with Gasteiger partial charge in [-0.2, -0.15) is 0 Å². The SMILES string of the molecule is C[C@@H]1CCCCC/C=C/[C@H](O)C[C@@H](O)C/C=C\C=C\[C@@H](O[C@@H]2O[C@H](CO)[C@@H](O)[C@H](O)[C@H]2O)C/C=C/C=C\C(=O)O1. The predicted molar refractivity (Wildman–Crippen MR) is 149 cm³/mol. The van der Waals surface area contributed by atoms with E-state index >= 15 is 0 Å². The molecule has 0 saturated carbocycles. The van der Waals surface area contributed by atoms with Crippen molar-refractivity contribution in [3.63, 3.8) is 0 Å². The van der Waals surface area contributed by atoms with Crippen LogP contribution in [-0.2, 0) is 19.0 Å². The van der Waals surface area contributed by atoms with Crippen LogP contribution < -0.4 is 0 Å². The lowest BCUT2D eigenvalue weighted by Gasteiger charge is -2.40. The van der Waals surface area contributed by atoms with Gasteiger partial charge in [-0.05, 0) is 45.4 Å². The maximum atomic E-state index is 12.1. The summed E-state index contributed by atoms with van der Waals surface area (Å²) in [6.45, 7) is 1.29. The minimum atomic E-state index is -1.56. The summed E-state index contributed by atoms with van der Waals surface area (Å²) in [6.07, 6.45) is 12.8. The Labute approximate surface area is 236 Å². The van der Waals surface area contributed by atoms with Gasteiger partial charge in [-0.3, -0.25) is 0 Å². The number of carbonyl (C=O) groups is 1. The van der Waals surface area contributed by atoms with Crippen molar-refractivity contribution in [1.82, 2.24) is 0 Å². The van der Waals surface area contributed by atoms with Crippen molar-refractivity contribution < 1.29 is 49.6 Å². The number of hydrogen-bond donors (Lipinski definition) is 6. The van der Waals surface area contributed by atoms with E-state index in [1.54, 1.807) is 48.6 Å². The summed E-state index contributed by atoms with van der Waals surface area (Å²) >= 11 is 0. The van der Waals surface area contributed by atoms with E-state index in [1.807, 2.05) is 13.0 Å². The molecule has 6 N–H and O–H groups in total. The first-order valence-corrected chi connectivity index (χ1v) is 14.1. The van der Waals surface area contributed by atoms with Gasteiger partial charge in [0.1, 0.15) is 24.4 Å². The van der Waals surface area contributed by atoms with Crippen molar-refractivity contribution in [1.29, 1.82) is 0 Å². The third-order valence-corrected chi connectivity index (χ3v) is 6.66. The van der Waals surface area contributed by atoms with Gasteiger partial charge < -0.3 is 44.8 Å². The Hall–Kier alpha value is -2.15. The van der Waals surface area contributed by atoms with E-state index in [2.05, 4.69) is 0 Å². The first-order valence-electron chi connectivity index (χ1n) is 14.1. The van der Waals surface area contributed by atoms with Gasteiger partial charge in [0.05, 0.1) is 31.0 Å². The maximum absolute atomic E-state index is 12.1. The molecule has 0 aromatic rings. The van der Waals surface area contributed by atoms with E-state index in [9.17, 15) is 35.4 Å². The molecule has 2 aliphatic rings. The molecule has 2 heterocycles. The van der Waals surface area contributed by atoms with Gasteiger partial charge >= 0.3 is 5.97 Å². The number of aliphatic hydroxyl groups is 6. The van der Waals surface area contributed by atoms with Crippen LogP contribution in [0, 0.1) is 0 Å². The summed E-state index contributed by atoms with van der Waals surface area (Å²) in [7, 11) is 0. The lowest BCUT2D eigenvalue weighted by Crippen LogP contribution is -2.59. The number of carbonyl (C=O) groups excluding carboxylic acids is 1. The van der Waals surface area contributed by atoms with Crippen LogP contribution in [0.25, 0.3) is 0 Å². The fourth-order valence-corrected chi connectivity index (χ4v) is 4.33. The Morgan fingerprint density at radius 1 is 0.875 bits per heavy atom. The molecule has 226 valence electrons. The van der Waals surface area contributed by atoms with Crippen molar-refractivity contribution in [3.8, 4) is 0 Å². The number of aliphatic hydroxyl groups excluding tert-OH is 6. The Morgan fingerprint density at radius 3 is 2.40 bits per heavy atom. The van der Waals surface area contributed by atoms with Gasteiger partial charge in [-0.1, -0.05) is 61.1 Å². The molecule has 10 heteroatoms. The highest BCUT2D eigenvalue weighted by Gasteiger charge is 2.44. The topological polar surface area (TPSA) is 166 Å². The number of cyclic esters (lactones) is 1. The first kappa shape index (κ1) is 34.1. The summed E-state index contributed by atoms with van der Waals surface area (Å²) in [5, 5.41) is 60.2. The van der Waals surface area contributed by atoms with E-state index in [1.165, 1.54) is 6.08 Å². The molecule has 2 aliphatic heterocycles. The van der Waals surface area contributed by atoms with E-state index in [0.717, 1.165) is 32.1 Å². The van der Waals surface area contributed by atoms with Crippen LogP contribution >= 0.6 is 0 Å². The van der Waals surface area contributed by atoms with E-state index in [4.69, 9.17) is 14.2 Å². The average molecular weight is 567 g/mol. The van der Waals surface area contributed by atoms with Crippen LogP contribution in [0.15, 0.2) is 60.8 Å². The molecule has 0 amide bonds. The smallest absolute Gasteiger partial charge is 0.331 e. The maximum Gasteiger partial charge on any atom is 0.331 e. The van der Waals surface area contributed by atoms with Crippen LogP contribution in [0.4, 0.5) is 0 Å². The van der Waals surface area contributed by atoms with Gasteiger partial charge in [0.25, 0.3) is 0 Å². The van der Waals surface area contributed by atoms with Gasteiger partial charge in [0, 0.05) is 12.5 Å². The second-order valence-electron chi connectivity index (χ2n) is 10.2. The third kappa shape index (κ3) is 13.0. The minimum Gasteiger partial charge on any atom is -0.460 e. The van der Waals surface area contributed by atoms with Crippen molar-refractivity contribution in [2.45, 2.75) is 113 Å². The Morgan fingerprint density at radius 2 is 1.62 bits per heavy atom. The highest BCUT2D eigenvalue weighted by molar-refractivity contribution is 5.82. The summed E-state index contributed by atoms with van der Waals surface area (Å²) < 4.78 is 16.7. The molecule has 0 unspecified atom stereocenters. The van der Waals surface area contributed by atoms with E-state index in [-0.39, 0.29) is 12.5 Å². The molecule has 40 heavy (non-hydrogen) atoms. The number of allylic oxidation sites excluding steroid dienone is 5. The van der Waals surface area contributed by atoms with Crippen molar-refractivity contribution in [3.05, 3.63) is 60.8 Å². The average Bonchev–Trinajstić information content (AvgIpc) is 2.91. The second kappa shape index (κ2) is 19.1. The molecule has 0 spiro atoms. The second-order valence-corrected chi connectivity index (χ2v) is 10.2. The fraction of sp³-hybridized carbons (Fsp3) is 0.633. The van der Waals surface area contributed by atoms with Crippen LogP contribution in [-0.4, -0.2) is 98.3 Å². The third-order valence-electron chi connectivity index (χ3n) is 6.66. The van der Waals surface area contributed by atoms with Crippen molar-refractivity contribution in [2.75, 3.05) is 6.61 Å². The lowest BCUT2D eigenvalue weighted by atomic mass is 9.99. The van der Waals surface area contributed by atoms with Gasteiger partial charge in [0.15, 0.2) is 6.29 Å². The molecule has 1 saturated heterocycles. The molecular formula is C30H46O10. The molecular weight excluding hydrogens is 520 g/mol. The summed E-state index contributed by atoms with van der Waals surface area (Å²) in [4.78, 5) is 12.1. The standard InChI is InChI=1S/C30H46O10/c1-21-13-7-3-2-4-8-14-22(32)19-23(33)15-9-5-10-16-24(17-11-6-12-18-26(34)38-21)39-30-29(37)28(36)27(35)25(20-31)40-30/h5-6,8-12,14,16,18,21-25,27-33,35-37H,2-4,7,13,15,17,19-20H2,1H3/b9-5-,11-6+,14-8+,16-10+,18-12-/t21-,22+,23+,24-,25-,27-,28+,29-,30-/m1/s1. The van der Waals surface area contributed by atoms with Crippen LogP contribution in [0.1, 0.15) is 58.3 Å². The molecule has 2 rings (SSSR count). The molecule has 0 aromatic carbocycles. The van der Waals surface area contributed by atoms with E-state index < -0.39 is 61.6 Å². The normalized spacial score (nSPS) is 40.2. The zero-order valence-corrected chi connectivity index (χ0v) is 23.1. The fourth-order valence-electron chi connectivity index (χ4n) is 4.33. The number of rotatable bonds is 3. The van der Waals surface area contributed by atoms with Gasteiger partial charge in [0.2, 0.25) is 0 Å². The summed E-state index contributed by atoms with van der Waals surface area (Å²) in [6, 6.07) is 0. The monoisotopic (exact) mass is 566 g/mol. The van der Waals surface area contributed by atoms with Crippen LogP contribution in [0.5, 0.6) is 0 Å². The number of esters is 1. The van der Waals surface area contributed by atoms with Crippen molar-refractivity contribution in [2.24, 2.45) is 0 Å². The molecule has 0 aliphatic carbocycles. The Balaban J connectivity index is 2.10. The Bertz CT molecular complexity index is 865. The molecule has 0 radical (unpaired) electrons. The lowest BCUT2D eigenvalue weighted by molar-refractivity contribution is -0.307. The van der Waals surface area contributed by atoms with Crippen LogP contribution in [0.2, 0.25) is 0 Å². The predicted octanol–water partition coefficient (Wildman–Crippen LogP) is 1.74. The first-order chi connectivity index (χ1) is 19.2. The minimum absolute atomic E-state index is 0.208. The Kier molecular flexibility index (Phi) is 16.2. The quantitative estimate of drug-likeness (QED) is 0.219. The van der Waals surface area contributed by atoms with Crippen LogP contribution in [0.3, 0.4) is 0 Å². The van der Waals surface area contributed by atoms with Gasteiger partial charge in [-0.25, -0.2) is 4.79 Å². The molecule has 10 nitrogen and oxygen atoms in total. The summed E-state index contributed by atoms with van der Waals surface area (Å²) in [5.74, 6) is -0.440.